The van der Waals surface area contributed by atoms with Crippen LogP contribution in [0.25, 0.3) is 10.9 Å². The molecule has 0 unspecified atom stereocenters. The Balaban J connectivity index is 0.00000225. The van der Waals surface area contributed by atoms with Gasteiger partial charge in [0.2, 0.25) is 0 Å². The molecule has 1 aliphatic heterocycles. The van der Waals surface area contributed by atoms with Crippen molar-refractivity contribution < 1.29 is 4.39 Å². The fraction of sp³-hybridized carbons (Fsp3) is 0.526. The fourth-order valence-electron chi connectivity index (χ4n) is 3.29. The molecule has 0 amide bonds. The molecule has 2 aromatic rings. The number of aromatic amines is 1. The number of rotatable bonds is 4. The molecule has 1 saturated heterocycles. The van der Waals surface area contributed by atoms with Crippen LogP contribution in [0, 0.1) is 11.7 Å². The molecule has 4 nitrogen and oxygen atoms in total. The van der Waals surface area contributed by atoms with E-state index in [9.17, 15) is 4.39 Å². The lowest BCUT2D eigenvalue weighted by molar-refractivity contribution is 0.273. The van der Waals surface area contributed by atoms with Crippen LogP contribution >= 0.6 is 24.0 Å². The first kappa shape index (κ1) is 20.0. The minimum Gasteiger partial charge on any atom is -0.361 e. The Morgan fingerprint density at radius 3 is 2.84 bits per heavy atom. The number of aliphatic imine (C=N–C) groups is 1. The van der Waals surface area contributed by atoms with Crippen molar-refractivity contribution in [3.63, 3.8) is 0 Å². The second kappa shape index (κ2) is 9.40. The molecule has 138 valence electrons. The molecule has 25 heavy (non-hydrogen) atoms. The van der Waals surface area contributed by atoms with Crippen LogP contribution < -0.4 is 5.32 Å². The highest BCUT2D eigenvalue weighted by molar-refractivity contribution is 14.0. The first-order valence-electron chi connectivity index (χ1n) is 8.96. The van der Waals surface area contributed by atoms with Crippen molar-refractivity contribution in [2.24, 2.45) is 10.9 Å². The molecule has 0 aliphatic carbocycles. The standard InChI is InChI=1S/C19H27FN4.HI/c1-3-21-19(24-10-7-14(2)8-11-24)22-9-6-15-13-23-18-12-16(20)4-5-17(15)18;/h4-5,12-14,23H,3,6-11H2,1-2H3,(H,21,22);1H. The molecule has 0 bridgehead atoms. The zero-order chi connectivity index (χ0) is 16.9. The van der Waals surface area contributed by atoms with Gasteiger partial charge in [0, 0.05) is 43.3 Å². The lowest BCUT2D eigenvalue weighted by atomic mass is 10.00. The molecule has 6 heteroatoms. The van der Waals surface area contributed by atoms with Crippen molar-refractivity contribution in [1.29, 1.82) is 0 Å². The first-order valence-corrected chi connectivity index (χ1v) is 8.96. The summed E-state index contributed by atoms with van der Waals surface area (Å²) >= 11 is 0. The van der Waals surface area contributed by atoms with Gasteiger partial charge in [0.05, 0.1) is 0 Å². The summed E-state index contributed by atoms with van der Waals surface area (Å²) in [7, 11) is 0. The van der Waals surface area contributed by atoms with E-state index in [0.29, 0.717) is 0 Å². The first-order chi connectivity index (χ1) is 11.7. The monoisotopic (exact) mass is 458 g/mol. The quantitative estimate of drug-likeness (QED) is 0.411. The average molecular weight is 458 g/mol. The van der Waals surface area contributed by atoms with E-state index >= 15 is 0 Å². The molecular formula is C19H28FIN4. The second-order valence-corrected chi connectivity index (χ2v) is 6.66. The van der Waals surface area contributed by atoms with Crippen molar-refractivity contribution in [3.05, 3.63) is 35.8 Å². The Morgan fingerprint density at radius 1 is 1.36 bits per heavy atom. The molecule has 0 spiro atoms. The third-order valence-electron chi connectivity index (χ3n) is 4.79. The van der Waals surface area contributed by atoms with Crippen LogP contribution in [0.1, 0.15) is 32.3 Å². The summed E-state index contributed by atoms with van der Waals surface area (Å²) in [4.78, 5) is 10.3. The molecule has 1 aromatic heterocycles. The number of likely N-dealkylation sites (tertiary alicyclic amines) is 1. The third-order valence-corrected chi connectivity index (χ3v) is 4.79. The van der Waals surface area contributed by atoms with E-state index in [1.54, 1.807) is 6.07 Å². The van der Waals surface area contributed by atoms with Gasteiger partial charge in [-0.1, -0.05) is 6.92 Å². The smallest absolute Gasteiger partial charge is 0.193 e. The van der Waals surface area contributed by atoms with E-state index in [1.165, 1.54) is 24.5 Å². The van der Waals surface area contributed by atoms with E-state index < -0.39 is 0 Å². The van der Waals surface area contributed by atoms with Crippen LogP contribution in [0.2, 0.25) is 0 Å². The van der Waals surface area contributed by atoms with Gasteiger partial charge in [-0.2, -0.15) is 0 Å². The van der Waals surface area contributed by atoms with Crippen molar-refractivity contribution in [2.75, 3.05) is 26.2 Å². The van der Waals surface area contributed by atoms with Gasteiger partial charge in [0.1, 0.15) is 5.82 Å². The Hall–Kier alpha value is -1.31. The summed E-state index contributed by atoms with van der Waals surface area (Å²) in [6.45, 7) is 8.21. The van der Waals surface area contributed by atoms with Gasteiger partial charge in [0.15, 0.2) is 5.96 Å². The highest BCUT2D eigenvalue weighted by Gasteiger charge is 2.18. The van der Waals surface area contributed by atoms with E-state index in [2.05, 4.69) is 29.0 Å². The maximum atomic E-state index is 13.3. The highest BCUT2D eigenvalue weighted by atomic mass is 127. The van der Waals surface area contributed by atoms with E-state index in [-0.39, 0.29) is 29.8 Å². The minimum atomic E-state index is -0.206. The minimum absolute atomic E-state index is 0. The number of nitrogens with zero attached hydrogens (tertiary/aromatic N) is 2. The summed E-state index contributed by atoms with van der Waals surface area (Å²) in [5, 5.41) is 4.50. The van der Waals surface area contributed by atoms with Crippen LogP contribution in [0.15, 0.2) is 29.4 Å². The number of hydrogen-bond acceptors (Lipinski definition) is 1. The Labute approximate surface area is 166 Å². The Bertz CT molecular complexity index is 705. The van der Waals surface area contributed by atoms with Gasteiger partial charge >= 0.3 is 0 Å². The summed E-state index contributed by atoms with van der Waals surface area (Å²) in [6, 6.07) is 4.90. The number of piperidine rings is 1. The molecule has 2 N–H and O–H groups in total. The van der Waals surface area contributed by atoms with Gasteiger partial charge in [-0.25, -0.2) is 4.39 Å². The molecule has 1 aromatic carbocycles. The van der Waals surface area contributed by atoms with Crippen molar-refractivity contribution in [3.8, 4) is 0 Å². The number of benzene rings is 1. The van der Waals surface area contributed by atoms with E-state index in [0.717, 1.165) is 55.4 Å². The molecule has 3 rings (SSSR count). The maximum Gasteiger partial charge on any atom is 0.193 e. The van der Waals surface area contributed by atoms with Crippen LogP contribution in [-0.4, -0.2) is 42.0 Å². The highest BCUT2D eigenvalue weighted by Crippen LogP contribution is 2.20. The summed E-state index contributed by atoms with van der Waals surface area (Å²) < 4.78 is 13.3. The Morgan fingerprint density at radius 2 is 2.12 bits per heavy atom. The van der Waals surface area contributed by atoms with Gasteiger partial charge in [-0.3, -0.25) is 4.99 Å². The molecule has 2 heterocycles. The predicted molar refractivity (Wildman–Crippen MR) is 113 cm³/mol. The van der Waals surface area contributed by atoms with Gasteiger partial charge in [0.25, 0.3) is 0 Å². The summed E-state index contributed by atoms with van der Waals surface area (Å²) in [6.07, 6.45) is 5.29. The summed E-state index contributed by atoms with van der Waals surface area (Å²) in [5.41, 5.74) is 2.04. The molecule has 1 fully saturated rings. The normalized spacial score (nSPS) is 16.1. The van der Waals surface area contributed by atoms with Crippen molar-refractivity contribution >= 4 is 40.8 Å². The molecule has 0 atom stereocenters. The lowest BCUT2D eigenvalue weighted by Crippen LogP contribution is -2.45. The fourth-order valence-corrected chi connectivity index (χ4v) is 3.29. The van der Waals surface area contributed by atoms with Crippen molar-refractivity contribution in [2.45, 2.75) is 33.1 Å². The zero-order valence-corrected chi connectivity index (χ0v) is 17.3. The number of aromatic nitrogens is 1. The van der Waals surface area contributed by atoms with E-state index in [4.69, 9.17) is 4.99 Å². The number of hydrogen-bond donors (Lipinski definition) is 2. The maximum absolute atomic E-state index is 13.3. The van der Waals surface area contributed by atoms with Crippen molar-refractivity contribution in [1.82, 2.24) is 15.2 Å². The summed E-state index contributed by atoms with van der Waals surface area (Å²) in [5.74, 6) is 1.63. The molecular weight excluding hydrogens is 430 g/mol. The average Bonchev–Trinajstić information content (AvgIpc) is 2.97. The van der Waals surface area contributed by atoms with Crippen LogP contribution in [0.3, 0.4) is 0 Å². The van der Waals surface area contributed by atoms with Gasteiger partial charge < -0.3 is 15.2 Å². The number of nitrogens with one attached hydrogen (secondary N) is 2. The van der Waals surface area contributed by atoms with Gasteiger partial charge in [-0.05, 0) is 55.9 Å². The SMILES string of the molecule is CCNC(=NCCc1c[nH]c2cc(F)ccc12)N1CCC(C)CC1.I. The number of guanidine groups is 1. The lowest BCUT2D eigenvalue weighted by Gasteiger charge is -2.33. The molecule has 0 saturated carbocycles. The topological polar surface area (TPSA) is 43.4 Å². The Kier molecular flexibility index (Phi) is 7.53. The van der Waals surface area contributed by atoms with Gasteiger partial charge in [-0.15, -0.1) is 24.0 Å². The number of H-pyrrole nitrogens is 1. The largest absolute Gasteiger partial charge is 0.361 e. The number of fused-ring (bicyclic) bond motifs is 1. The second-order valence-electron chi connectivity index (χ2n) is 6.66. The third kappa shape index (κ3) is 5.09. The van der Waals surface area contributed by atoms with E-state index in [1.807, 2.05) is 12.3 Å². The zero-order valence-electron chi connectivity index (χ0n) is 15.0. The van der Waals surface area contributed by atoms with Crippen LogP contribution in [0.4, 0.5) is 4.39 Å². The van der Waals surface area contributed by atoms with Crippen LogP contribution in [0.5, 0.6) is 0 Å². The predicted octanol–water partition coefficient (Wildman–Crippen LogP) is 4.16. The van der Waals surface area contributed by atoms with Crippen LogP contribution in [-0.2, 0) is 6.42 Å². The molecule has 1 aliphatic rings. The molecule has 0 radical (unpaired) electrons. The number of halogens is 2.